The van der Waals surface area contributed by atoms with Gasteiger partial charge in [-0.15, -0.1) is 0 Å². The Morgan fingerprint density at radius 2 is 1.61 bits per heavy atom. The first-order valence-corrected chi connectivity index (χ1v) is 6.06. The third kappa shape index (κ3) is 2.23. The molecule has 1 N–H and O–H groups in total. The van der Waals surface area contributed by atoms with E-state index in [1.165, 1.54) is 24.3 Å². The monoisotopic (exact) mass is 251 g/mol. The molecule has 0 heterocycles. The van der Waals surface area contributed by atoms with Gasteiger partial charge in [0, 0.05) is 5.56 Å². The average Bonchev–Trinajstić information content (AvgIpc) is 2.88. The molecule has 1 fully saturated rings. The van der Waals surface area contributed by atoms with Crippen LogP contribution in [0, 0.1) is 16.7 Å². The summed E-state index contributed by atoms with van der Waals surface area (Å²) in [6, 6.07) is 7.81. The Kier molecular flexibility index (Phi) is 3.63. The van der Waals surface area contributed by atoms with E-state index in [1.807, 2.05) is 0 Å². The molecule has 1 aromatic rings. The van der Waals surface area contributed by atoms with Gasteiger partial charge in [-0.1, -0.05) is 37.1 Å². The van der Waals surface area contributed by atoms with Crippen molar-refractivity contribution in [1.82, 2.24) is 0 Å². The van der Waals surface area contributed by atoms with E-state index in [1.54, 1.807) is 0 Å². The number of nitriles is 1. The first-order chi connectivity index (χ1) is 8.59. The van der Waals surface area contributed by atoms with Crippen molar-refractivity contribution in [2.45, 2.75) is 38.2 Å². The fourth-order valence-corrected chi connectivity index (χ4v) is 2.60. The van der Waals surface area contributed by atoms with Crippen molar-refractivity contribution in [3.63, 3.8) is 0 Å². The Balaban J connectivity index is 2.23. The summed E-state index contributed by atoms with van der Waals surface area (Å²) in [5, 5.41) is 19.6. The highest BCUT2D eigenvalue weighted by Crippen LogP contribution is 2.47. The summed E-state index contributed by atoms with van der Waals surface area (Å²) < 4.78 is 24.9. The van der Waals surface area contributed by atoms with Crippen LogP contribution in [0.4, 0.5) is 8.78 Å². The van der Waals surface area contributed by atoms with Gasteiger partial charge in [0.1, 0.15) is 0 Å². The number of aliphatic hydroxyl groups excluding tert-OH is 1. The molecule has 96 valence electrons. The standard InChI is InChI=1S/C14H15F2NO/c15-13(16)11-5-3-10(4-6-11)12(18)14(9-17)7-1-2-8-14/h3-6,12-13,18H,1-2,7-8H2. The summed E-state index contributed by atoms with van der Waals surface area (Å²) in [5.74, 6) is 0. The molecular weight excluding hydrogens is 236 g/mol. The van der Waals surface area contributed by atoms with Crippen molar-refractivity contribution in [1.29, 1.82) is 5.26 Å². The zero-order valence-corrected chi connectivity index (χ0v) is 9.94. The highest BCUT2D eigenvalue weighted by Gasteiger charge is 2.41. The third-order valence-corrected chi connectivity index (χ3v) is 3.75. The zero-order chi connectivity index (χ0) is 13.2. The minimum absolute atomic E-state index is 0.0663. The Morgan fingerprint density at radius 1 is 1.11 bits per heavy atom. The van der Waals surface area contributed by atoms with Crippen LogP contribution in [0.1, 0.15) is 49.3 Å². The van der Waals surface area contributed by atoms with Gasteiger partial charge in [0.05, 0.1) is 17.6 Å². The second-order valence-electron chi connectivity index (χ2n) is 4.84. The second-order valence-corrected chi connectivity index (χ2v) is 4.84. The van der Waals surface area contributed by atoms with Gasteiger partial charge in [-0.05, 0) is 18.4 Å². The molecule has 1 unspecified atom stereocenters. The van der Waals surface area contributed by atoms with E-state index in [-0.39, 0.29) is 5.56 Å². The first kappa shape index (κ1) is 13.0. The Hall–Kier alpha value is -1.47. The number of benzene rings is 1. The molecule has 1 aliphatic rings. The summed E-state index contributed by atoms with van der Waals surface area (Å²) >= 11 is 0. The minimum atomic E-state index is -2.51. The van der Waals surface area contributed by atoms with E-state index in [9.17, 15) is 19.1 Å². The Labute approximate surface area is 105 Å². The number of hydrogen-bond donors (Lipinski definition) is 1. The molecule has 0 amide bonds. The maximum atomic E-state index is 12.4. The number of hydrogen-bond acceptors (Lipinski definition) is 2. The highest BCUT2D eigenvalue weighted by atomic mass is 19.3. The quantitative estimate of drug-likeness (QED) is 0.889. The first-order valence-electron chi connectivity index (χ1n) is 6.06. The lowest BCUT2D eigenvalue weighted by atomic mass is 9.78. The summed E-state index contributed by atoms with van der Waals surface area (Å²) in [4.78, 5) is 0. The molecule has 0 bridgehead atoms. The number of alkyl halides is 2. The molecule has 0 spiro atoms. The van der Waals surface area contributed by atoms with Crippen LogP contribution in [0.25, 0.3) is 0 Å². The number of halogens is 2. The molecule has 0 aromatic heterocycles. The molecule has 1 saturated carbocycles. The topological polar surface area (TPSA) is 44.0 Å². The molecule has 0 saturated heterocycles. The summed E-state index contributed by atoms with van der Waals surface area (Å²) in [5.41, 5.74) is -0.266. The predicted molar refractivity (Wildman–Crippen MR) is 62.9 cm³/mol. The summed E-state index contributed by atoms with van der Waals surface area (Å²) in [7, 11) is 0. The Morgan fingerprint density at radius 3 is 2.06 bits per heavy atom. The van der Waals surface area contributed by atoms with Gasteiger partial charge in [0.2, 0.25) is 0 Å². The lowest BCUT2D eigenvalue weighted by molar-refractivity contribution is 0.0669. The van der Waals surface area contributed by atoms with Gasteiger partial charge in [-0.2, -0.15) is 5.26 Å². The SMILES string of the molecule is N#CC1(C(O)c2ccc(C(F)F)cc2)CCCC1. The van der Waals surface area contributed by atoms with Crippen molar-refractivity contribution >= 4 is 0 Å². The second kappa shape index (κ2) is 5.03. The smallest absolute Gasteiger partial charge is 0.263 e. The average molecular weight is 251 g/mol. The normalized spacial score (nSPS) is 19.7. The molecule has 1 atom stereocenters. The Bertz CT molecular complexity index is 444. The third-order valence-electron chi connectivity index (χ3n) is 3.75. The summed E-state index contributed by atoms with van der Waals surface area (Å²) in [6.07, 6.45) is -0.202. The minimum Gasteiger partial charge on any atom is -0.387 e. The fraction of sp³-hybridized carbons (Fsp3) is 0.500. The van der Waals surface area contributed by atoms with Gasteiger partial charge in [0.15, 0.2) is 0 Å². The van der Waals surface area contributed by atoms with Gasteiger partial charge in [-0.3, -0.25) is 0 Å². The van der Waals surface area contributed by atoms with Gasteiger partial charge in [0.25, 0.3) is 6.43 Å². The van der Waals surface area contributed by atoms with E-state index in [4.69, 9.17) is 0 Å². The number of aliphatic hydroxyl groups is 1. The van der Waals surface area contributed by atoms with Crippen LogP contribution in [0.5, 0.6) is 0 Å². The summed E-state index contributed by atoms with van der Waals surface area (Å²) in [6.45, 7) is 0. The maximum absolute atomic E-state index is 12.4. The molecule has 18 heavy (non-hydrogen) atoms. The molecule has 0 radical (unpaired) electrons. The van der Waals surface area contributed by atoms with Crippen LogP contribution in [0.15, 0.2) is 24.3 Å². The van der Waals surface area contributed by atoms with Crippen molar-refractivity contribution < 1.29 is 13.9 Å². The van der Waals surface area contributed by atoms with Crippen molar-refractivity contribution in [2.24, 2.45) is 5.41 Å². The van der Waals surface area contributed by atoms with Gasteiger partial charge in [-0.25, -0.2) is 8.78 Å². The van der Waals surface area contributed by atoms with Crippen LogP contribution < -0.4 is 0 Å². The van der Waals surface area contributed by atoms with Gasteiger partial charge < -0.3 is 5.11 Å². The molecule has 2 rings (SSSR count). The lowest BCUT2D eigenvalue weighted by Gasteiger charge is -2.27. The van der Waals surface area contributed by atoms with E-state index in [0.29, 0.717) is 18.4 Å². The molecule has 2 nitrogen and oxygen atoms in total. The van der Waals surface area contributed by atoms with Crippen molar-refractivity contribution in [3.05, 3.63) is 35.4 Å². The highest BCUT2D eigenvalue weighted by molar-refractivity contribution is 5.28. The predicted octanol–water partition coefficient (Wildman–Crippen LogP) is 3.74. The number of nitrogens with zero attached hydrogens (tertiary/aromatic N) is 1. The molecule has 4 heteroatoms. The van der Waals surface area contributed by atoms with Gasteiger partial charge >= 0.3 is 0 Å². The van der Waals surface area contributed by atoms with E-state index >= 15 is 0 Å². The van der Waals surface area contributed by atoms with E-state index in [2.05, 4.69) is 6.07 Å². The molecule has 1 aliphatic carbocycles. The van der Waals surface area contributed by atoms with Crippen molar-refractivity contribution in [2.75, 3.05) is 0 Å². The maximum Gasteiger partial charge on any atom is 0.263 e. The molecular formula is C14H15F2NO. The largest absolute Gasteiger partial charge is 0.387 e. The van der Waals surface area contributed by atoms with Crippen molar-refractivity contribution in [3.8, 4) is 6.07 Å². The zero-order valence-electron chi connectivity index (χ0n) is 9.94. The van der Waals surface area contributed by atoms with Crippen LogP contribution in [0.2, 0.25) is 0 Å². The molecule has 1 aromatic carbocycles. The van der Waals surface area contributed by atoms with Crippen LogP contribution in [-0.4, -0.2) is 5.11 Å². The molecule has 0 aliphatic heterocycles. The van der Waals surface area contributed by atoms with E-state index in [0.717, 1.165) is 12.8 Å². The van der Waals surface area contributed by atoms with E-state index < -0.39 is 17.9 Å². The van der Waals surface area contributed by atoms with Crippen LogP contribution >= 0.6 is 0 Å². The lowest BCUT2D eigenvalue weighted by Crippen LogP contribution is -2.23. The van der Waals surface area contributed by atoms with Crippen LogP contribution in [-0.2, 0) is 0 Å². The fourth-order valence-electron chi connectivity index (χ4n) is 2.60. The van der Waals surface area contributed by atoms with Crippen LogP contribution in [0.3, 0.4) is 0 Å². The number of rotatable bonds is 3.